The Morgan fingerprint density at radius 2 is 2.03 bits per heavy atom. The molecule has 30 heavy (non-hydrogen) atoms. The van der Waals surface area contributed by atoms with Crippen molar-refractivity contribution >= 4 is 38.9 Å². The van der Waals surface area contributed by atoms with Crippen LogP contribution in [0.4, 0.5) is 11.4 Å². The fourth-order valence-electron chi connectivity index (χ4n) is 3.05. The zero-order chi connectivity index (χ0) is 21.5. The minimum absolute atomic E-state index is 0.0382. The molecule has 0 saturated carbocycles. The molecule has 1 N–H and O–H groups in total. The molecule has 0 radical (unpaired) electrons. The van der Waals surface area contributed by atoms with E-state index in [1.165, 1.54) is 17.0 Å². The van der Waals surface area contributed by atoms with E-state index in [0.29, 0.717) is 23.1 Å². The maximum Gasteiger partial charge on any atom is 0.265 e. The van der Waals surface area contributed by atoms with Crippen LogP contribution in [-0.2, 0) is 21.4 Å². The van der Waals surface area contributed by atoms with E-state index in [-0.39, 0.29) is 34.7 Å². The largest absolute Gasteiger partial charge is 0.482 e. The molecular weight excluding hydrogens is 432 g/mol. The van der Waals surface area contributed by atoms with Crippen LogP contribution in [0.3, 0.4) is 0 Å². The summed E-state index contributed by atoms with van der Waals surface area (Å²) in [5.41, 5.74) is 1.64. The molecule has 2 aromatic carbocycles. The highest BCUT2D eigenvalue weighted by molar-refractivity contribution is 7.92. The van der Waals surface area contributed by atoms with Gasteiger partial charge in [-0.3, -0.25) is 14.4 Å². The number of carbonyl (C=O) groups excluding carboxylic acids is 1. The Morgan fingerprint density at radius 1 is 1.23 bits per heavy atom. The van der Waals surface area contributed by atoms with Gasteiger partial charge in [-0.25, -0.2) is 8.42 Å². The molecular formula is C19H17ClN4O5S. The third-order valence-electron chi connectivity index (χ3n) is 4.39. The smallest absolute Gasteiger partial charge is 0.265 e. The van der Waals surface area contributed by atoms with Gasteiger partial charge < -0.3 is 9.26 Å². The van der Waals surface area contributed by atoms with E-state index in [9.17, 15) is 13.2 Å². The van der Waals surface area contributed by atoms with Crippen LogP contribution < -0.4 is 14.4 Å². The second kappa shape index (κ2) is 7.62. The molecule has 2 heterocycles. The summed E-state index contributed by atoms with van der Waals surface area (Å²) < 4.78 is 38.7. The molecule has 3 aromatic rings. The number of fused-ring (bicyclic) bond motifs is 1. The highest BCUT2D eigenvalue weighted by atomic mass is 35.5. The molecule has 0 spiro atoms. The standard InChI is InChI=1S/C19H17ClN4O5S/c1-11-4-3-5-13(6-11)23-30(26,27)17-8-16-15(7-14(17)20)24(19(25)10-28-16)9-18-21-12(2)29-22-18/h3-8,23H,9-10H2,1-2H3. The summed E-state index contributed by atoms with van der Waals surface area (Å²) in [4.78, 5) is 17.7. The molecule has 1 aromatic heterocycles. The minimum atomic E-state index is -3.99. The van der Waals surface area contributed by atoms with E-state index >= 15 is 0 Å². The van der Waals surface area contributed by atoms with Crippen LogP contribution in [0.2, 0.25) is 5.02 Å². The molecule has 0 atom stereocenters. The molecule has 9 nitrogen and oxygen atoms in total. The van der Waals surface area contributed by atoms with Crippen molar-refractivity contribution in [1.82, 2.24) is 10.1 Å². The molecule has 1 aliphatic rings. The van der Waals surface area contributed by atoms with E-state index in [0.717, 1.165) is 5.56 Å². The van der Waals surface area contributed by atoms with E-state index < -0.39 is 10.0 Å². The molecule has 1 amide bonds. The van der Waals surface area contributed by atoms with Gasteiger partial charge in [-0.05, 0) is 30.7 Å². The first-order valence-corrected chi connectivity index (χ1v) is 10.7. The number of aromatic nitrogens is 2. The molecule has 0 fully saturated rings. The Balaban J connectivity index is 1.69. The molecule has 156 valence electrons. The van der Waals surface area contributed by atoms with Crippen molar-refractivity contribution in [2.75, 3.05) is 16.2 Å². The Hall–Kier alpha value is -3.11. The molecule has 0 bridgehead atoms. The maximum atomic E-state index is 12.9. The summed E-state index contributed by atoms with van der Waals surface area (Å²) in [6, 6.07) is 9.62. The topological polar surface area (TPSA) is 115 Å². The number of anilines is 2. The molecule has 0 aliphatic carbocycles. The number of hydrogen-bond donors (Lipinski definition) is 1. The lowest BCUT2D eigenvalue weighted by molar-refractivity contribution is -0.121. The van der Waals surface area contributed by atoms with Crippen molar-refractivity contribution in [3.63, 3.8) is 0 Å². The van der Waals surface area contributed by atoms with Gasteiger partial charge in [0.25, 0.3) is 15.9 Å². The van der Waals surface area contributed by atoms with Crippen molar-refractivity contribution in [3.8, 4) is 5.75 Å². The van der Waals surface area contributed by atoms with Gasteiger partial charge in [0.05, 0.1) is 17.3 Å². The lowest BCUT2D eigenvalue weighted by Crippen LogP contribution is -2.38. The SMILES string of the molecule is Cc1cccc(NS(=O)(=O)c2cc3c(cc2Cl)N(Cc2noc(C)n2)C(=O)CO3)c1. The summed E-state index contributed by atoms with van der Waals surface area (Å²) in [6.45, 7) is 3.28. The summed E-state index contributed by atoms with van der Waals surface area (Å²) >= 11 is 6.30. The number of aryl methyl sites for hydroxylation is 2. The number of nitrogens with one attached hydrogen (secondary N) is 1. The Labute approximate surface area is 177 Å². The third-order valence-corrected chi connectivity index (χ3v) is 6.23. The number of benzene rings is 2. The van der Waals surface area contributed by atoms with Crippen LogP contribution in [-0.4, -0.2) is 31.1 Å². The van der Waals surface area contributed by atoms with Crippen molar-refractivity contribution in [2.24, 2.45) is 0 Å². The zero-order valence-electron chi connectivity index (χ0n) is 16.0. The van der Waals surface area contributed by atoms with Gasteiger partial charge in [-0.15, -0.1) is 0 Å². The molecule has 0 saturated heterocycles. The van der Waals surface area contributed by atoms with Crippen LogP contribution in [0, 0.1) is 13.8 Å². The van der Waals surface area contributed by atoms with Gasteiger partial charge in [-0.2, -0.15) is 4.98 Å². The number of halogens is 1. The fraction of sp³-hybridized carbons (Fsp3) is 0.211. The normalized spacial score (nSPS) is 13.7. The van der Waals surface area contributed by atoms with Crippen LogP contribution in [0.15, 0.2) is 45.8 Å². The first kappa shape index (κ1) is 20.2. The fourth-order valence-corrected chi connectivity index (χ4v) is 4.64. The van der Waals surface area contributed by atoms with Crippen LogP contribution >= 0.6 is 11.6 Å². The second-order valence-electron chi connectivity index (χ2n) is 6.72. The van der Waals surface area contributed by atoms with E-state index in [2.05, 4.69) is 14.9 Å². The van der Waals surface area contributed by atoms with Crippen LogP contribution in [0.1, 0.15) is 17.3 Å². The van der Waals surface area contributed by atoms with Crippen LogP contribution in [0.25, 0.3) is 0 Å². The molecule has 0 unspecified atom stereocenters. The number of carbonyl (C=O) groups is 1. The lowest BCUT2D eigenvalue weighted by Gasteiger charge is -2.29. The van der Waals surface area contributed by atoms with Gasteiger partial charge in [0.1, 0.15) is 10.6 Å². The predicted octanol–water partition coefficient (Wildman–Crippen LogP) is 3.07. The summed E-state index contributed by atoms with van der Waals surface area (Å²) in [7, 11) is -3.99. The van der Waals surface area contributed by atoms with E-state index in [4.69, 9.17) is 20.9 Å². The number of sulfonamides is 1. The second-order valence-corrected chi connectivity index (χ2v) is 8.78. The van der Waals surface area contributed by atoms with E-state index in [1.54, 1.807) is 25.1 Å². The Morgan fingerprint density at radius 3 is 2.73 bits per heavy atom. The van der Waals surface area contributed by atoms with Gasteiger partial charge in [0.2, 0.25) is 5.89 Å². The van der Waals surface area contributed by atoms with E-state index in [1.807, 2.05) is 13.0 Å². The van der Waals surface area contributed by atoms with Gasteiger partial charge in [0.15, 0.2) is 12.4 Å². The number of nitrogens with zero attached hydrogens (tertiary/aromatic N) is 3. The summed E-state index contributed by atoms with van der Waals surface area (Å²) in [5, 5.41) is 3.74. The van der Waals surface area contributed by atoms with Crippen molar-refractivity contribution in [2.45, 2.75) is 25.3 Å². The third kappa shape index (κ3) is 3.96. The zero-order valence-corrected chi connectivity index (χ0v) is 17.6. The number of rotatable bonds is 5. The lowest BCUT2D eigenvalue weighted by atomic mass is 10.2. The molecule has 4 rings (SSSR count). The quantitative estimate of drug-likeness (QED) is 0.637. The Kier molecular flexibility index (Phi) is 5.12. The van der Waals surface area contributed by atoms with Gasteiger partial charge >= 0.3 is 0 Å². The van der Waals surface area contributed by atoms with Gasteiger partial charge in [-0.1, -0.05) is 28.9 Å². The average molecular weight is 449 g/mol. The Bertz CT molecular complexity index is 1240. The van der Waals surface area contributed by atoms with Gasteiger partial charge in [0, 0.05) is 18.7 Å². The molecule has 1 aliphatic heterocycles. The average Bonchev–Trinajstić information content (AvgIpc) is 3.08. The number of ether oxygens (including phenoxy) is 1. The maximum absolute atomic E-state index is 12.9. The summed E-state index contributed by atoms with van der Waals surface area (Å²) in [6.07, 6.45) is 0. The highest BCUT2D eigenvalue weighted by Crippen LogP contribution is 2.39. The number of hydrogen-bond acceptors (Lipinski definition) is 7. The first-order chi connectivity index (χ1) is 14.2. The summed E-state index contributed by atoms with van der Waals surface area (Å²) in [5.74, 6) is 0.550. The molecule has 11 heteroatoms. The minimum Gasteiger partial charge on any atom is -0.482 e. The van der Waals surface area contributed by atoms with Crippen molar-refractivity contribution in [1.29, 1.82) is 0 Å². The first-order valence-electron chi connectivity index (χ1n) is 8.88. The van der Waals surface area contributed by atoms with Crippen molar-refractivity contribution in [3.05, 3.63) is 58.7 Å². The predicted molar refractivity (Wildman–Crippen MR) is 109 cm³/mol. The highest BCUT2D eigenvalue weighted by Gasteiger charge is 2.30. The monoisotopic (exact) mass is 448 g/mol. The van der Waals surface area contributed by atoms with Crippen LogP contribution in [0.5, 0.6) is 5.75 Å². The number of amides is 1. The van der Waals surface area contributed by atoms with Crippen molar-refractivity contribution < 1.29 is 22.5 Å².